The molecule has 0 bridgehead atoms. The Morgan fingerprint density at radius 3 is 2.71 bits per heavy atom. The molecule has 2 fully saturated rings. The lowest BCUT2D eigenvalue weighted by Crippen LogP contribution is -2.58. The standard InChI is InChI=1S/C19H27FN2O2/c1-3-22-14-19(24-15(2)18(22)23)9-4-11-21(12-10-19)13-16-5-7-17(20)8-6-16/h5-8,15H,3-4,9-14H2,1-2H3/t15-,19-/m1/s1. The van der Waals surface area contributed by atoms with Crippen LogP contribution in [0.3, 0.4) is 0 Å². The maximum atomic E-state index is 13.0. The van der Waals surface area contributed by atoms with Gasteiger partial charge < -0.3 is 9.64 Å². The van der Waals surface area contributed by atoms with Gasteiger partial charge in [-0.25, -0.2) is 4.39 Å². The number of amides is 1. The van der Waals surface area contributed by atoms with Crippen molar-refractivity contribution < 1.29 is 13.9 Å². The highest BCUT2D eigenvalue weighted by Crippen LogP contribution is 2.33. The van der Waals surface area contributed by atoms with Crippen molar-refractivity contribution in [2.24, 2.45) is 0 Å². The molecule has 1 amide bonds. The molecule has 0 aromatic heterocycles. The predicted octanol–water partition coefficient (Wildman–Crippen LogP) is 2.82. The van der Waals surface area contributed by atoms with E-state index >= 15 is 0 Å². The number of hydrogen-bond acceptors (Lipinski definition) is 3. The zero-order valence-electron chi connectivity index (χ0n) is 14.6. The van der Waals surface area contributed by atoms with Crippen LogP contribution in [-0.4, -0.2) is 53.6 Å². The average molecular weight is 334 g/mol. The Balaban J connectivity index is 1.64. The second-order valence-corrected chi connectivity index (χ2v) is 7.05. The van der Waals surface area contributed by atoms with Crippen molar-refractivity contribution in [3.63, 3.8) is 0 Å². The van der Waals surface area contributed by atoms with Crippen molar-refractivity contribution in [2.75, 3.05) is 26.2 Å². The Morgan fingerprint density at radius 1 is 1.25 bits per heavy atom. The molecule has 2 aliphatic heterocycles. The van der Waals surface area contributed by atoms with E-state index in [0.717, 1.165) is 51.0 Å². The summed E-state index contributed by atoms with van der Waals surface area (Å²) < 4.78 is 19.2. The van der Waals surface area contributed by atoms with Crippen LogP contribution in [0.4, 0.5) is 4.39 Å². The molecular formula is C19H27FN2O2. The number of hydrogen-bond donors (Lipinski definition) is 0. The minimum absolute atomic E-state index is 0.107. The monoisotopic (exact) mass is 334 g/mol. The van der Waals surface area contributed by atoms with Gasteiger partial charge in [-0.1, -0.05) is 12.1 Å². The zero-order valence-corrected chi connectivity index (χ0v) is 14.6. The first-order chi connectivity index (χ1) is 11.5. The van der Waals surface area contributed by atoms with Crippen molar-refractivity contribution in [2.45, 2.75) is 51.4 Å². The van der Waals surface area contributed by atoms with Crippen LogP contribution in [0.2, 0.25) is 0 Å². The van der Waals surface area contributed by atoms with Gasteiger partial charge in [-0.3, -0.25) is 9.69 Å². The van der Waals surface area contributed by atoms with Gasteiger partial charge in [0.05, 0.1) is 5.60 Å². The Labute approximate surface area is 143 Å². The molecule has 0 N–H and O–H groups in total. The topological polar surface area (TPSA) is 32.8 Å². The summed E-state index contributed by atoms with van der Waals surface area (Å²) in [6, 6.07) is 6.75. The van der Waals surface area contributed by atoms with E-state index in [-0.39, 0.29) is 23.4 Å². The van der Waals surface area contributed by atoms with Crippen LogP contribution in [0.1, 0.15) is 38.7 Å². The summed E-state index contributed by atoms with van der Waals surface area (Å²) in [7, 11) is 0. The smallest absolute Gasteiger partial charge is 0.251 e. The second kappa shape index (κ2) is 7.19. The third kappa shape index (κ3) is 3.78. The van der Waals surface area contributed by atoms with E-state index in [0.29, 0.717) is 6.54 Å². The fourth-order valence-electron chi connectivity index (χ4n) is 3.92. The normalized spacial score (nSPS) is 29.0. The van der Waals surface area contributed by atoms with E-state index in [9.17, 15) is 9.18 Å². The summed E-state index contributed by atoms with van der Waals surface area (Å²) in [5.74, 6) is -0.0852. The molecule has 2 saturated heterocycles. The molecule has 1 aromatic rings. The van der Waals surface area contributed by atoms with Crippen LogP contribution in [0, 0.1) is 5.82 Å². The first-order valence-corrected chi connectivity index (χ1v) is 8.95. The predicted molar refractivity (Wildman–Crippen MR) is 91.1 cm³/mol. The minimum Gasteiger partial charge on any atom is -0.360 e. The fourth-order valence-corrected chi connectivity index (χ4v) is 3.92. The zero-order chi connectivity index (χ0) is 17.2. The number of benzene rings is 1. The number of carbonyl (C=O) groups is 1. The van der Waals surface area contributed by atoms with Crippen LogP contribution in [-0.2, 0) is 16.1 Å². The van der Waals surface area contributed by atoms with Crippen molar-refractivity contribution in [3.05, 3.63) is 35.6 Å². The van der Waals surface area contributed by atoms with Crippen molar-refractivity contribution in [1.29, 1.82) is 0 Å². The van der Waals surface area contributed by atoms with Crippen LogP contribution < -0.4 is 0 Å². The van der Waals surface area contributed by atoms with Crippen LogP contribution in [0.25, 0.3) is 0 Å². The molecule has 1 spiro atoms. The lowest BCUT2D eigenvalue weighted by atomic mass is 9.91. The lowest BCUT2D eigenvalue weighted by Gasteiger charge is -2.44. The SMILES string of the molecule is CCN1C[C@]2(CCCN(Cc3ccc(F)cc3)CC2)O[C@H](C)C1=O. The van der Waals surface area contributed by atoms with E-state index in [2.05, 4.69) is 4.90 Å². The Morgan fingerprint density at radius 2 is 2.00 bits per heavy atom. The van der Waals surface area contributed by atoms with E-state index in [1.165, 1.54) is 12.1 Å². The number of rotatable bonds is 3. The van der Waals surface area contributed by atoms with Gasteiger partial charge in [-0.05, 0) is 57.4 Å². The van der Waals surface area contributed by atoms with Gasteiger partial charge in [0.1, 0.15) is 11.9 Å². The maximum Gasteiger partial charge on any atom is 0.251 e. The van der Waals surface area contributed by atoms with Crippen molar-refractivity contribution in [1.82, 2.24) is 9.80 Å². The fraction of sp³-hybridized carbons (Fsp3) is 0.632. The van der Waals surface area contributed by atoms with Crippen molar-refractivity contribution >= 4 is 5.91 Å². The third-order valence-corrected chi connectivity index (χ3v) is 5.26. The molecule has 5 heteroatoms. The number of morpholine rings is 1. The summed E-state index contributed by atoms with van der Waals surface area (Å²) in [5.41, 5.74) is 0.927. The molecule has 3 rings (SSSR count). The minimum atomic E-state index is -0.345. The Bertz CT molecular complexity index is 577. The molecule has 24 heavy (non-hydrogen) atoms. The second-order valence-electron chi connectivity index (χ2n) is 7.05. The van der Waals surface area contributed by atoms with Gasteiger partial charge >= 0.3 is 0 Å². The van der Waals surface area contributed by atoms with Gasteiger partial charge in [0, 0.05) is 26.2 Å². The summed E-state index contributed by atoms with van der Waals surface area (Å²) >= 11 is 0. The summed E-state index contributed by atoms with van der Waals surface area (Å²) in [6.45, 7) is 8.13. The first kappa shape index (κ1) is 17.4. The van der Waals surface area contributed by atoms with E-state index in [4.69, 9.17) is 4.74 Å². The summed E-state index contributed by atoms with van der Waals surface area (Å²) in [4.78, 5) is 16.5. The van der Waals surface area contributed by atoms with Crippen LogP contribution >= 0.6 is 0 Å². The number of halogens is 1. The van der Waals surface area contributed by atoms with E-state index in [1.807, 2.05) is 30.9 Å². The van der Waals surface area contributed by atoms with Gasteiger partial charge in [-0.2, -0.15) is 0 Å². The number of carbonyl (C=O) groups excluding carboxylic acids is 1. The van der Waals surface area contributed by atoms with Gasteiger partial charge in [0.15, 0.2) is 0 Å². The Kier molecular flexibility index (Phi) is 5.21. The van der Waals surface area contributed by atoms with Crippen LogP contribution in [0.5, 0.6) is 0 Å². The summed E-state index contributed by atoms with van der Waals surface area (Å²) in [5, 5.41) is 0. The first-order valence-electron chi connectivity index (χ1n) is 8.95. The highest BCUT2D eigenvalue weighted by molar-refractivity contribution is 5.81. The number of likely N-dealkylation sites (tertiary alicyclic amines) is 1. The van der Waals surface area contributed by atoms with Gasteiger partial charge in [0.2, 0.25) is 0 Å². The number of nitrogens with zero attached hydrogens (tertiary/aromatic N) is 2. The van der Waals surface area contributed by atoms with Crippen molar-refractivity contribution in [3.8, 4) is 0 Å². The molecule has 2 aliphatic rings. The lowest BCUT2D eigenvalue weighted by molar-refractivity contribution is -0.182. The third-order valence-electron chi connectivity index (χ3n) is 5.26. The number of ether oxygens (including phenoxy) is 1. The largest absolute Gasteiger partial charge is 0.360 e. The molecule has 0 saturated carbocycles. The van der Waals surface area contributed by atoms with E-state index < -0.39 is 0 Å². The highest BCUT2D eigenvalue weighted by atomic mass is 19.1. The summed E-state index contributed by atoms with van der Waals surface area (Å²) in [6.07, 6.45) is 2.63. The number of likely N-dealkylation sites (N-methyl/N-ethyl adjacent to an activating group) is 1. The molecule has 0 aliphatic carbocycles. The Hall–Kier alpha value is -1.46. The molecule has 2 heterocycles. The molecular weight excluding hydrogens is 307 g/mol. The molecule has 0 radical (unpaired) electrons. The molecule has 0 unspecified atom stereocenters. The molecule has 1 aromatic carbocycles. The quantitative estimate of drug-likeness (QED) is 0.852. The van der Waals surface area contributed by atoms with Gasteiger partial charge in [0.25, 0.3) is 5.91 Å². The van der Waals surface area contributed by atoms with Crippen LogP contribution in [0.15, 0.2) is 24.3 Å². The maximum absolute atomic E-state index is 13.0. The van der Waals surface area contributed by atoms with Gasteiger partial charge in [-0.15, -0.1) is 0 Å². The molecule has 132 valence electrons. The highest BCUT2D eigenvalue weighted by Gasteiger charge is 2.43. The molecule has 2 atom stereocenters. The average Bonchev–Trinajstić information content (AvgIpc) is 2.76. The molecule has 4 nitrogen and oxygen atoms in total. The van der Waals surface area contributed by atoms with E-state index in [1.54, 1.807) is 0 Å².